The van der Waals surface area contributed by atoms with E-state index in [1.165, 1.54) is 6.08 Å². The predicted molar refractivity (Wildman–Crippen MR) is 150 cm³/mol. The summed E-state index contributed by atoms with van der Waals surface area (Å²) in [6, 6.07) is 6.68. The molecule has 2 N–H and O–H groups in total. The summed E-state index contributed by atoms with van der Waals surface area (Å²) < 4.78 is 10.4. The normalized spacial score (nSPS) is 10.4. The SMILES string of the molecule is CN/C(C)=C\C(=O)Cc1ccc([N-]C(=O)CC(=O)[N-]CCOCCCOC(=O)NCCCCCC(C)=O)cc1.[HH].[Rb+].[Rb+]. The van der Waals surface area contributed by atoms with Gasteiger partial charge in [0.1, 0.15) is 5.78 Å². The summed E-state index contributed by atoms with van der Waals surface area (Å²) in [7, 11) is 1.74. The van der Waals surface area contributed by atoms with E-state index >= 15 is 0 Å². The summed E-state index contributed by atoms with van der Waals surface area (Å²) in [5.41, 5.74) is 1.96. The number of carbonyl (C=O) groups is 5. The molecule has 0 spiro atoms. The van der Waals surface area contributed by atoms with Crippen molar-refractivity contribution in [2.24, 2.45) is 0 Å². The number of hydrogen-bond donors (Lipinski definition) is 2. The molecule has 218 valence electrons. The van der Waals surface area contributed by atoms with Crippen LogP contribution < -0.4 is 127 Å². The van der Waals surface area contributed by atoms with Crippen LogP contribution in [-0.2, 0) is 35.1 Å². The molecule has 0 fully saturated rings. The van der Waals surface area contributed by atoms with E-state index in [0.29, 0.717) is 31.7 Å². The second-order valence-corrected chi connectivity index (χ2v) is 8.89. The van der Waals surface area contributed by atoms with Gasteiger partial charge in [-0.15, -0.1) is 12.2 Å². The Bertz CT molecular complexity index is 980. The molecule has 11 nitrogen and oxygen atoms in total. The number of hydrogen-bond acceptors (Lipinski definition) is 8. The zero-order valence-electron chi connectivity index (χ0n) is 25.1. The summed E-state index contributed by atoms with van der Waals surface area (Å²) in [6.45, 7) is 4.72. The molecule has 0 saturated heterocycles. The predicted octanol–water partition coefficient (Wildman–Crippen LogP) is -1.72. The van der Waals surface area contributed by atoms with E-state index < -0.39 is 24.3 Å². The summed E-state index contributed by atoms with van der Waals surface area (Å²) in [5.74, 6) is -1.05. The van der Waals surface area contributed by atoms with Crippen molar-refractivity contribution in [3.8, 4) is 0 Å². The first-order chi connectivity index (χ1) is 18.7. The second kappa shape index (κ2) is 27.4. The fourth-order valence-electron chi connectivity index (χ4n) is 3.20. The number of benzene rings is 1. The smallest absolute Gasteiger partial charge is 0.651 e. The van der Waals surface area contributed by atoms with Crippen LogP contribution in [0.5, 0.6) is 0 Å². The number of unbranched alkanes of at least 4 members (excludes halogenated alkanes) is 2. The fourth-order valence-corrected chi connectivity index (χ4v) is 3.20. The van der Waals surface area contributed by atoms with Gasteiger partial charge in [-0.05, 0) is 32.3 Å². The van der Waals surface area contributed by atoms with Gasteiger partial charge < -0.3 is 45.1 Å². The van der Waals surface area contributed by atoms with Gasteiger partial charge in [0.2, 0.25) is 0 Å². The van der Waals surface area contributed by atoms with E-state index in [-0.39, 0.29) is 156 Å². The number of ketones is 2. The van der Waals surface area contributed by atoms with E-state index in [2.05, 4.69) is 21.3 Å². The second-order valence-electron chi connectivity index (χ2n) is 8.89. The zero-order chi connectivity index (χ0) is 28.9. The minimum Gasteiger partial charge on any atom is -0.651 e. The van der Waals surface area contributed by atoms with E-state index in [4.69, 9.17) is 9.47 Å². The largest absolute Gasteiger partial charge is 1.00 e. The van der Waals surface area contributed by atoms with E-state index in [1.807, 2.05) is 0 Å². The van der Waals surface area contributed by atoms with Crippen molar-refractivity contribution in [2.45, 2.75) is 58.8 Å². The van der Waals surface area contributed by atoms with Crippen molar-refractivity contribution in [2.75, 3.05) is 40.0 Å². The summed E-state index contributed by atoms with van der Waals surface area (Å²) in [6.07, 6.45) is 4.39. The van der Waals surface area contributed by atoms with Crippen molar-refractivity contribution < 1.29 is 151 Å². The Morgan fingerprint density at radius 2 is 1.61 bits per heavy atom. The quantitative estimate of drug-likeness (QED) is 0.0918. The van der Waals surface area contributed by atoms with Gasteiger partial charge in [-0.3, -0.25) is 4.79 Å². The molecular formula is C28H42N4O7Rb2. The summed E-state index contributed by atoms with van der Waals surface area (Å²) in [4.78, 5) is 58.3. The molecule has 13 heteroatoms. The number of nitrogens with zero attached hydrogens (tertiary/aromatic N) is 2. The summed E-state index contributed by atoms with van der Waals surface area (Å²) >= 11 is 0. The molecule has 41 heavy (non-hydrogen) atoms. The Kier molecular flexibility index (Phi) is 28.8. The van der Waals surface area contributed by atoms with E-state index in [9.17, 15) is 24.0 Å². The fraction of sp³-hybridized carbons (Fsp3) is 0.536. The third-order valence-corrected chi connectivity index (χ3v) is 5.31. The number of allylic oxidation sites excluding steroid dienone is 2. The van der Waals surface area contributed by atoms with Crippen LogP contribution in [0.2, 0.25) is 0 Å². The Morgan fingerprint density at radius 3 is 2.27 bits per heavy atom. The first-order valence-electron chi connectivity index (χ1n) is 13.1. The zero-order valence-corrected chi connectivity index (χ0v) is 35.0. The summed E-state index contributed by atoms with van der Waals surface area (Å²) in [5, 5.41) is 13.2. The van der Waals surface area contributed by atoms with Crippen LogP contribution in [0, 0.1) is 0 Å². The van der Waals surface area contributed by atoms with Gasteiger partial charge in [0, 0.05) is 65.7 Å². The van der Waals surface area contributed by atoms with Crippen molar-refractivity contribution in [3.63, 3.8) is 0 Å². The number of alkyl carbamates (subject to hydrolysis) is 1. The average Bonchev–Trinajstić information content (AvgIpc) is 2.88. The van der Waals surface area contributed by atoms with Crippen molar-refractivity contribution in [1.82, 2.24) is 10.6 Å². The Balaban J connectivity index is -0.00000507. The number of carbonyl (C=O) groups excluding carboxylic acids is 5. The van der Waals surface area contributed by atoms with Crippen LogP contribution >= 0.6 is 0 Å². The van der Waals surface area contributed by atoms with Crippen molar-refractivity contribution in [3.05, 3.63) is 52.2 Å². The number of nitrogens with one attached hydrogen (secondary N) is 2. The van der Waals surface area contributed by atoms with Crippen LogP contribution in [-0.4, -0.2) is 69.4 Å². The van der Waals surface area contributed by atoms with E-state index in [0.717, 1.165) is 30.5 Å². The van der Waals surface area contributed by atoms with Gasteiger partial charge in [0.15, 0.2) is 5.78 Å². The van der Waals surface area contributed by atoms with E-state index in [1.54, 1.807) is 45.2 Å². The maximum Gasteiger partial charge on any atom is 1.00 e. The third kappa shape index (κ3) is 25.0. The molecule has 0 bridgehead atoms. The molecule has 1 aromatic carbocycles. The molecule has 0 aliphatic rings. The van der Waals surface area contributed by atoms with Crippen molar-refractivity contribution >= 4 is 35.2 Å². The third-order valence-electron chi connectivity index (χ3n) is 5.31. The molecule has 0 aliphatic carbocycles. The van der Waals surface area contributed by atoms with Gasteiger partial charge >= 0.3 is 122 Å². The minimum atomic E-state index is -0.604. The van der Waals surface area contributed by atoms with Crippen molar-refractivity contribution in [1.29, 1.82) is 0 Å². The molecular weight excluding hydrogens is 675 g/mol. The van der Waals surface area contributed by atoms with Gasteiger partial charge in [-0.1, -0.05) is 30.7 Å². The molecule has 0 saturated carbocycles. The average molecular weight is 718 g/mol. The molecule has 0 heterocycles. The molecule has 0 aromatic heterocycles. The monoisotopic (exact) mass is 716 g/mol. The molecule has 0 aliphatic heterocycles. The molecule has 1 aromatic rings. The molecule has 0 atom stereocenters. The van der Waals surface area contributed by atoms with Crippen LogP contribution in [0.4, 0.5) is 10.5 Å². The van der Waals surface area contributed by atoms with Gasteiger partial charge in [-0.2, -0.15) is 0 Å². The van der Waals surface area contributed by atoms with Gasteiger partial charge in [-0.25, -0.2) is 4.79 Å². The maximum atomic E-state index is 12.0. The van der Waals surface area contributed by atoms with Crippen LogP contribution in [0.25, 0.3) is 10.6 Å². The molecule has 0 radical (unpaired) electrons. The topological polar surface area (TPSA) is 156 Å². The van der Waals surface area contributed by atoms with Gasteiger partial charge in [0.05, 0.1) is 18.4 Å². The number of Topliss-reactive ketones (excluding diaryl/α,β-unsaturated/α-hetero) is 1. The number of amides is 3. The maximum absolute atomic E-state index is 12.0. The molecule has 3 amide bonds. The Morgan fingerprint density at radius 1 is 0.902 bits per heavy atom. The minimum absolute atomic E-state index is 0. The van der Waals surface area contributed by atoms with Gasteiger partial charge in [0.25, 0.3) is 0 Å². The number of ether oxygens (including phenoxy) is 2. The van der Waals surface area contributed by atoms with Crippen LogP contribution in [0.15, 0.2) is 36.0 Å². The Hall–Kier alpha value is -0.120. The standard InChI is InChI=1S/C28H42N4O7.2Rb.H2/c1-21(29-3)18-25(34)19-23-9-11-24(12-10-23)32-27(36)20-26(35)30-14-17-38-15-7-16-39-28(37)31-13-6-4-5-8-22(2)33;;;/h9-12,18H,4-8,13-17,19-20H2,1-3H3,(H4,29,30,31,32,34,35,36,37);;;1H/q;2*+1;/p-2. The first-order valence-corrected chi connectivity index (χ1v) is 13.1. The molecule has 1 rings (SSSR count). The van der Waals surface area contributed by atoms with Crippen LogP contribution in [0.3, 0.4) is 0 Å². The molecule has 0 unspecified atom stereocenters. The van der Waals surface area contributed by atoms with Crippen LogP contribution in [0.1, 0.15) is 59.4 Å². The Labute approximate surface area is 342 Å². The first kappa shape index (κ1) is 43.0. The number of rotatable bonds is 20.